The minimum Gasteiger partial charge on any atom is -0.445 e. The fraction of sp³-hybridized carbons (Fsp3) is 0.682. The molecule has 1 aromatic rings. The average molecular weight is 474 g/mol. The van der Waals surface area contributed by atoms with Crippen LogP contribution >= 0.6 is 0 Å². The van der Waals surface area contributed by atoms with E-state index in [9.17, 15) is 13.2 Å². The highest BCUT2D eigenvalue weighted by Crippen LogP contribution is 2.36. The van der Waals surface area contributed by atoms with E-state index in [1.54, 1.807) is 0 Å². The molecule has 0 aliphatic heterocycles. The molecule has 0 saturated heterocycles. The van der Waals surface area contributed by atoms with Crippen molar-refractivity contribution in [3.8, 4) is 0 Å². The van der Waals surface area contributed by atoms with E-state index < -0.39 is 30.6 Å². The molecule has 2 atom stereocenters. The van der Waals surface area contributed by atoms with E-state index >= 15 is 0 Å². The molecule has 1 rings (SSSR count). The van der Waals surface area contributed by atoms with E-state index in [1.807, 2.05) is 37.3 Å². The quantitative estimate of drug-likeness (QED) is 0.345. The fourth-order valence-electron chi connectivity index (χ4n) is 2.61. The number of hydrogen-bond donors (Lipinski definition) is 1. The second kappa shape index (κ2) is 12.0. The number of rotatable bonds is 12. The highest BCUT2D eigenvalue weighted by atomic mass is 32.2. The van der Waals surface area contributed by atoms with Gasteiger partial charge in [-0.1, -0.05) is 51.1 Å². The highest BCUT2D eigenvalue weighted by molar-refractivity contribution is 7.86. The molecule has 7 nitrogen and oxygen atoms in total. The highest BCUT2D eigenvalue weighted by Gasteiger charge is 2.37. The summed E-state index contributed by atoms with van der Waals surface area (Å²) in [7, 11) is -5.60. The van der Waals surface area contributed by atoms with Crippen LogP contribution < -0.4 is 5.32 Å². The van der Waals surface area contributed by atoms with E-state index in [0.29, 0.717) is 19.3 Å². The predicted octanol–water partition coefficient (Wildman–Crippen LogP) is 4.84. The molecule has 0 aromatic heterocycles. The summed E-state index contributed by atoms with van der Waals surface area (Å²) >= 11 is 0. The first-order valence-electron chi connectivity index (χ1n) is 10.7. The van der Waals surface area contributed by atoms with Crippen molar-refractivity contribution in [2.24, 2.45) is 0 Å². The van der Waals surface area contributed by atoms with Gasteiger partial charge in [-0.15, -0.1) is 0 Å². The molecule has 31 heavy (non-hydrogen) atoms. The predicted molar refractivity (Wildman–Crippen MR) is 126 cm³/mol. The minimum absolute atomic E-state index is 0.0290. The zero-order valence-electron chi connectivity index (χ0n) is 19.9. The van der Waals surface area contributed by atoms with Gasteiger partial charge in [-0.2, -0.15) is 8.42 Å². The van der Waals surface area contributed by atoms with E-state index in [0.717, 1.165) is 11.8 Å². The van der Waals surface area contributed by atoms with Crippen LogP contribution in [0.5, 0.6) is 0 Å². The molecule has 1 unspecified atom stereocenters. The Morgan fingerprint density at radius 2 is 1.74 bits per heavy atom. The Morgan fingerprint density at radius 3 is 2.29 bits per heavy atom. The summed E-state index contributed by atoms with van der Waals surface area (Å²) in [6.07, 6.45) is 1.92. The lowest BCUT2D eigenvalue weighted by molar-refractivity contribution is 0.115. The van der Waals surface area contributed by atoms with Gasteiger partial charge >= 0.3 is 6.09 Å². The van der Waals surface area contributed by atoms with Gasteiger partial charge in [-0.05, 0) is 49.9 Å². The Morgan fingerprint density at radius 1 is 1.13 bits per heavy atom. The molecule has 0 spiro atoms. The van der Waals surface area contributed by atoms with Gasteiger partial charge in [0.25, 0.3) is 10.1 Å². The second-order valence-corrected chi connectivity index (χ2v) is 15.9. The number of amides is 1. The van der Waals surface area contributed by atoms with Crippen LogP contribution in [-0.4, -0.2) is 47.8 Å². The maximum absolute atomic E-state index is 12.0. The largest absolute Gasteiger partial charge is 0.445 e. The van der Waals surface area contributed by atoms with Gasteiger partial charge in [0.15, 0.2) is 8.32 Å². The number of alkyl carbamates (subject to hydrolysis) is 1. The summed E-state index contributed by atoms with van der Waals surface area (Å²) in [5.41, 5.74) is 0.924. The van der Waals surface area contributed by atoms with E-state index in [2.05, 4.69) is 39.2 Å². The smallest absolute Gasteiger partial charge is 0.407 e. The normalized spacial score (nSPS) is 14.7. The van der Waals surface area contributed by atoms with Crippen LogP contribution in [0.15, 0.2) is 30.3 Å². The molecule has 0 bridgehead atoms. The molecule has 0 saturated carbocycles. The standard InChI is InChI=1S/C22H39NO6SSi/c1-18(23-21(24)27-16-19-13-9-8-10-14-19)12-11-15-20(29-30(5,25)26)17-28-31(6,7)22(2,3)4/h8-10,13-14,18,20H,11-12,15-17H2,1-7H3,(H,23,24)/t18-,20?/m0/s1. The second-order valence-electron chi connectivity index (χ2n) is 9.53. The molecule has 178 valence electrons. The van der Waals surface area contributed by atoms with Crippen molar-refractivity contribution in [2.45, 2.75) is 83.8 Å². The fourth-order valence-corrected chi connectivity index (χ4v) is 4.30. The minimum atomic E-state index is -3.58. The topological polar surface area (TPSA) is 90.9 Å². The summed E-state index contributed by atoms with van der Waals surface area (Å²) in [5, 5.41) is 2.83. The van der Waals surface area contributed by atoms with E-state index in [4.69, 9.17) is 13.3 Å². The number of benzene rings is 1. The Labute approximate surface area is 189 Å². The molecule has 0 aliphatic carbocycles. The number of carbonyl (C=O) groups is 1. The number of hydrogen-bond acceptors (Lipinski definition) is 6. The first-order valence-corrected chi connectivity index (χ1v) is 15.4. The molecule has 9 heteroatoms. The molecule has 0 heterocycles. The lowest BCUT2D eigenvalue weighted by Gasteiger charge is -2.37. The summed E-state index contributed by atoms with van der Waals surface area (Å²) < 4.78 is 40.0. The Balaban J connectivity index is 2.46. The van der Waals surface area contributed by atoms with Gasteiger partial charge in [-0.25, -0.2) is 4.79 Å². The molecule has 0 fully saturated rings. The van der Waals surface area contributed by atoms with Gasteiger partial charge < -0.3 is 14.5 Å². The molecular weight excluding hydrogens is 434 g/mol. The van der Waals surface area contributed by atoms with Crippen LogP contribution in [0.2, 0.25) is 18.1 Å². The molecule has 1 amide bonds. The Bertz CT molecular complexity index is 777. The van der Waals surface area contributed by atoms with Crippen LogP contribution in [-0.2, 0) is 30.1 Å². The number of nitrogens with one attached hydrogen (secondary N) is 1. The zero-order valence-corrected chi connectivity index (χ0v) is 21.8. The maximum Gasteiger partial charge on any atom is 0.407 e. The van der Waals surface area contributed by atoms with Crippen LogP contribution in [0.25, 0.3) is 0 Å². The number of carbonyl (C=O) groups excluding carboxylic acids is 1. The summed E-state index contributed by atoms with van der Waals surface area (Å²) in [6, 6.07) is 9.37. The van der Waals surface area contributed by atoms with Crippen LogP contribution in [0.4, 0.5) is 4.79 Å². The lowest BCUT2D eigenvalue weighted by atomic mass is 10.1. The van der Waals surface area contributed by atoms with Crippen molar-refractivity contribution in [3.63, 3.8) is 0 Å². The first kappa shape index (κ1) is 27.6. The van der Waals surface area contributed by atoms with Gasteiger partial charge in [0.2, 0.25) is 0 Å². The van der Waals surface area contributed by atoms with E-state index in [-0.39, 0.29) is 24.3 Å². The molecular formula is C22H39NO6SSi. The summed E-state index contributed by atoms with van der Waals surface area (Å²) in [5.74, 6) is 0. The summed E-state index contributed by atoms with van der Waals surface area (Å²) in [4.78, 5) is 12.0. The Kier molecular flexibility index (Phi) is 10.7. The maximum atomic E-state index is 12.0. The van der Waals surface area contributed by atoms with Crippen molar-refractivity contribution in [1.82, 2.24) is 5.32 Å². The summed E-state index contributed by atoms with van der Waals surface area (Å²) in [6.45, 7) is 13.0. The van der Waals surface area contributed by atoms with Crippen molar-refractivity contribution >= 4 is 24.5 Å². The van der Waals surface area contributed by atoms with E-state index in [1.165, 1.54) is 0 Å². The molecule has 0 aliphatic rings. The molecule has 0 radical (unpaired) electrons. The third kappa shape index (κ3) is 11.7. The SMILES string of the molecule is C[C@@H](CCCC(CO[Si](C)(C)C(C)(C)C)OS(C)(=O)=O)NC(=O)OCc1ccccc1. The average Bonchev–Trinajstić information content (AvgIpc) is 2.63. The van der Waals surface area contributed by atoms with Crippen LogP contribution in [0.3, 0.4) is 0 Å². The van der Waals surface area contributed by atoms with Crippen molar-refractivity contribution in [2.75, 3.05) is 12.9 Å². The van der Waals surface area contributed by atoms with Crippen molar-refractivity contribution in [3.05, 3.63) is 35.9 Å². The number of ether oxygens (including phenoxy) is 1. The zero-order chi connectivity index (χ0) is 23.7. The van der Waals surface area contributed by atoms with Crippen LogP contribution in [0, 0.1) is 0 Å². The van der Waals surface area contributed by atoms with Gasteiger partial charge in [-0.3, -0.25) is 4.18 Å². The van der Waals surface area contributed by atoms with Gasteiger partial charge in [0.05, 0.1) is 19.0 Å². The third-order valence-electron chi connectivity index (χ3n) is 5.49. The first-order chi connectivity index (χ1) is 14.2. The van der Waals surface area contributed by atoms with Gasteiger partial charge in [0.1, 0.15) is 6.61 Å². The lowest BCUT2D eigenvalue weighted by Crippen LogP contribution is -2.43. The van der Waals surface area contributed by atoms with Crippen molar-refractivity contribution in [1.29, 1.82) is 0 Å². The monoisotopic (exact) mass is 473 g/mol. The van der Waals surface area contributed by atoms with Crippen molar-refractivity contribution < 1.29 is 26.6 Å². The van der Waals surface area contributed by atoms with Gasteiger partial charge in [0, 0.05) is 6.04 Å². The third-order valence-corrected chi connectivity index (χ3v) is 10.6. The molecule has 1 aromatic carbocycles. The molecule has 1 N–H and O–H groups in total. The van der Waals surface area contributed by atoms with Crippen LogP contribution in [0.1, 0.15) is 52.5 Å². The Hall–Kier alpha value is -1.42.